The Morgan fingerprint density at radius 2 is 2.00 bits per heavy atom. The molecule has 1 aromatic rings. The molecule has 0 aliphatic carbocycles. The predicted octanol–water partition coefficient (Wildman–Crippen LogP) is 4.62. The summed E-state index contributed by atoms with van der Waals surface area (Å²) in [4.78, 5) is 14.4. The normalized spacial score (nSPS) is 20.2. The second-order valence-corrected chi connectivity index (χ2v) is 5.91. The summed E-state index contributed by atoms with van der Waals surface area (Å²) in [6.07, 6.45) is 4.28. The number of rotatable bonds is 2. The van der Waals surface area contributed by atoms with E-state index >= 15 is 0 Å². The number of alkyl halides is 1. The van der Waals surface area contributed by atoms with Crippen molar-refractivity contribution in [2.75, 3.05) is 12.4 Å². The van der Waals surface area contributed by atoms with E-state index in [1.54, 1.807) is 18.2 Å². The summed E-state index contributed by atoms with van der Waals surface area (Å²) in [5.41, 5.74) is 0.575. The third kappa shape index (κ3) is 3.56. The number of benzene rings is 1. The van der Waals surface area contributed by atoms with E-state index in [0.717, 1.165) is 32.2 Å². The van der Waals surface area contributed by atoms with Crippen molar-refractivity contribution in [3.63, 3.8) is 0 Å². The molecule has 104 valence electrons. The molecule has 0 N–H and O–H groups in total. The zero-order valence-corrected chi connectivity index (χ0v) is 12.8. The first-order chi connectivity index (χ1) is 9.13. The van der Waals surface area contributed by atoms with Gasteiger partial charge in [-0.2, -0.15) is 0 Å². The van der Waals surface area contributed by atoms with Crippen LogP contribution in [0.15, 0.2) is 18.2 Å². The van der Waals surface area contributed by atoms with E-state index in [9.17, 15) is 4.79 Å². The molecular formula is C14H16Cl3NO. The fourth-order valence-electron chi connectivity index (χ4n) is 2.40. The van der Waals surface area contributed by atoms with Gasteiger partial charge in [0.2, 0.25) is 0 Å². The highest BCUT2D eigenvalue weighted by Crippen LogP contribution is 2.25. The van der Waals surface area contributed by atoms with Crippen molar-refractivity contribution in [2.24, 2.45) is 0 Å². The predicted molar refractivity (Wildman–Crippen MR) is 80.5 cm³/mol. The first-order valence-electron chi connectivity index (χ1n) is 6.45. The highest BCUT2D eigenvalue weighted by Gasteiger charge is 2.25. The molecule has 2 rings (SSSR count). The van der Waals surface area contributed by atoms with Crippen LogP contribution in [-0.2, 0) is 0 Å². The van der Waals surface area contributed by atoms with E-state index in [1.807, 2.05) is 4.90 Å². The van der Waals surface area contributed by atoms with Gasteiger partial charge in [-0.1, -0.05) is 36.0 Å². The molecule has 5 heteroatoms. The monoisotopic (exact) mass is 319 g/mol. The Morgan fingerprint density at radius 3 is 2.68 bits per heavy atom. The summed E-state index contributed by atoms with van der Waals surface area (Å²) < 4.78 is 0. The summed E-state index contributed by atoms with van der Waals surface area (Å²) in [6, 6.07) is 5.12. The number of hydrogen-bond donors (Lipinski definition) is 0. The second-order valence-electron chi connectivity index (χ2n) is 4.78. The maximum atomic E-state index is 12.6. The molecule has 1 atom stereocenters. The van der Waals surface area contributed by atoms with Gasteiger partial charge in [0.15, 0.2) is 0 Å². The average Bonchev–Trinajstić information content (AvgIpc) is 2.66. The van der Waals surface area contributed by atoms with Crippen LogP contribution in [0.4, 0.5) is 0 Å². The number of hydrogen-bond acceptors (Lipinski definition) is 1. The van der Waals surface area contributed by atoms with Crippen molar-refractivity contribution < 1.29 is 4.79 Å². The minimum Gasteiger partial charge on any atom is -0.334 e. The summed E-state index contributed by atoms with van der Waals surface area (Å²) in [5.74, 6) is 0.471. The first kappa shape index (κ1) is 15.0. The quantitative estimate of drug-likeness (QED) is 0.728. The fraction of sp³-hybridized carbons (Fsp3) is 0.500. The molecule has 1 fully saturated rings. The molecule has 1 saturated heterocycles. The van der Waals surface area contributed by atoms with E-state index in [4.69, 9.17) is 34.8 Å². The number of carbonyl (C=O) groups is 1. The Morgan fingerprint density at radius 1 is 1.21 bits per heavy atom. The largest absolute Gasteiger partial charge is 0.334 e. The first-order valence-corrected chi connectivity index (χ1v) is 7.74. The van der Waals surface area contributed by atoms with Crippen LogP contribution < -0.4 is 0 Å². The Kier molecular flexibility index (Phi) is 5.37. The molecule has 0 spiro atoms. The number of carbonyl (C=O) groups excluding carboxylic acids is 1. The third-order valence-electron chi connectivity index (χ3n) is 3.48. The molecule has 0 radical (unpaired) electrons. The van der Waals surface area contributed by atoms with Gasteiger partial charge in [-0.15, -0.1) is 11.6 Å². The van der Waals surface area contributed by atoms with Crippen molar-refractivity contribution in [2.45, 2.75) is 31.7 Å². The lowest BCUT2D eigenvalue weighted by atomic mass is 10.1. The lowest BCUT2D eigenvalue weighted by molar-refractivity contribution is 0.0700. The highest BCUT2D eigenvalue weighted by molar-refractivity contribution is 6.42. The molecule has 1 aromatic carbocycles. The van der Waals surface area contributed by atoms with E-state index in [2.05, 4.69) is 0 Å². The molecule has 1 aliphatic heterocycles. The van der Waals surface area contributed by atoms with Gasteiger partial charge in [-0.05, 0) is 31.0 Å². The Labute approximate surface area is 128 Å². The van der Waals surface area contributed by atoms with Crippen molar-refractivity contribution >= 4 is 40.7 Å². The van der Waals surface area contributed by atoms with Crippen LogP contribution in [0.2, 0.25) is 10.0 Å². The van der Waals surface area contributed by atoms with Crippen LogP contribution in [0.25, 0.3) is 0 Å². The van der Waals surface area contributed by atoms with Gasteiger partial charge in [0.1, 0.15) is 0 Å². The minimum absolute atomic E-state index is 0.00823. The number of nitrogens with zero attached hydrogens (tertiary/aromatic N) is 1. The Hall–Kier alpha value is -0.440. The zero-order valence-electron chi connectivity index (χ0n) is 10.5. The molecule has 2 nitrogen and oxygen atoms in total. The zero-order chi connectivity index (χ0) is 13.8. The summed E-state index contributed by atoms with van der Waals surface area (Å²) >= 11 is 17.8. The summed E-state index contributed by atoms with van der Waals surface area (Å²) in [6.45, 7) is 0.760. The van der Waals surface area contributed by atoms with Crippen LogP contribution in [0, 0.1) is 0 Å². The number of amides is 1. The average molecular weight is 321 g/mol. The molecular weight excluding hydrogens is 305 g/mol. The standard InChI is InChI=1S/C14H16Cl3NO/c15-9-11-4-2-1-3-7-18(11)14(19)10-5-6-12(16)13(17)8-10/h5-6,8,11H,1-4,7,9H2. The molecule has 0 aromatic heterocycles. The van der Waals surface area contributed by atoms with Crippen LogP contribution in [0.1, 0.15) is 36.0 Å². The van der Waals surface area contributed by atoms with E-state index in [1.165, 1.54) is 0 Å². The molecule has 1 heterocycles. The van der Waals surface area contributed by atoms with E-state index in [-0.39, 0.29) is 11.9 Å². The highest BCUT2D eigenvalue weighted by atomic mass is 35.5. The van der Waals surface area contributed by atoms with Gasteiger partial charge in [0, 0.05) is 24.0 Å². The molecule has 0 bridgehead atoms. The number of likely N-dealkylation sites (tertiary alicyclic amines) is 1. The maximum absolute atomic E-state index is 12.6. The lowest BCUT2D eigenvalue weighted by Crippen LogP contribution is -2.41. The van der Waals surface area contributed by atoms with Crippen LogP contribution >= 0.6 is 34.8 Å². The van der Waals surface area contributed by atoms with Crippen molar-refractivity contribution in [3.05, 3.63) is 33.8 Å². The minimum atomic E-state index is -0.00823. The summed E-state index contributed by atoms with van der Waals surface area (Å²) in [7, 11) is 0. The van der Waals surface area contributed by atoms with Crippen molar-refractivity contribution in [3.8, 4) is 0 Å². The second kappa shape index (κ2) is 6.83. The van der Waals surface area contributed by atoms with Crippen LogP contribution in [-0.4, -0.2) is 29.3 Å². The Bertz CT molecular complexity index is 464. The maximum Gasteiger partial charge on any atom is 0.254 e. The van der Waals surface area contributed by atoms with Crippen molar-refractivity contribution in [1.82, 2.24) is 4.90 Å². The van der Waals surface area contributed by atoms with Crippen molar-refractivity contribution in [1.29, 1.82) is 0 Å². The fourth-order valence-corrected chi connectivity index (χ4v) is 3.02. The molecule has 19 heavy (non-hydrogen) atoms. The van der Waals surface area contributed by atoms with Gasteiger partial charge in [0.05, 0.1) is 10.0 Å². The smallest absolute Gasteiger partial charge is 0.254 e. The third-order valence-corrected chi connectivity index (χ3v) is 4.58. The van der Waals surface area contributed by atoms with E-state index < -0.39 is 0 Å². The van der Waals surface area contributed by atoms with Crippen LogP contribution in [0.3, 0.4) is 0 Å². The summed E-state index contributed by atoms with van der Waals surface area (Å²) in [5, 5.41) is 0.868. The lowest BCUT2D eigenvalue weighted by Gasteiger charge is -2.28. The topological polar surface area (TPSA) is 20.3 Å². The van der Waals surface area contributed by atoms with Gasteiger partial charge in [-0.3, -0.25) is 4.79 Å². The Balaban J connectivity index is 2.22. The van der Waals surface area contributed by atoms with Gasteiger partial charge >= 0.3 is 0 Å². The molecule has 0 saturated carbocycles. The van der Waals surface area contributed by atoms with Crippen LogP contribution in [0.5, 0.6) is 0 Å². The SMILES string of the molecule is O=C(c1ccc(Cl)c(Cl)c1)N1CCCCCC1CCl. The van der Waals surface area contributed by atoms with Gasteiger partial charge in [0.25, 0.3) is 5.91 Å². The van der Waals surface area contributed by atoms with Gasteiger partial charge in [-0.25, -0.2) is 0 Å². The van der Waals surface area contributed by atoms with Gasteiger partial charge < -0.3 is 4.90 Å². The molecule has 1 amide bonds. The molecule has 1 unspecified atom stereocenters. The molecule has 1 aliphatic rings. The number of halogens is 3. The van der Waals surface area contributed by atoms with E-state index in [0.29, 0.717) is 21.5 Å².